The summed E-state index contributed by atoms with van der Waals surface area (Å²) in [5.74, 6) is -1.22. The van der Waals surface area contributed by atoms with Crippen molar-refractivity contribution in [2.75, 3.05) is 38.0 Å². The maximum absolute atomic E-state index is 13.6. The highest BCUT2D eigenvalue weighted by molar-refractivity contribution is 5.93. The highest BCUT2D eigenvalue weighted by Crippen LogP contribution is 2.34. The van der Waals surface area contributed by atoms with E-state index >= 15 is 0 Å². The first-order valence-electron chi connectivity index (χ1n) is 11.6. The summed E-state index contributed by atoms with van der Waals surface area (Å²) in [7, 11) is 0. The fraction of sp³-hybridized carbons (Fsp3) is 0.296. The first-order valence-corrected chi connectivity index (χ1v) is 11.6. The Morgan fingerprint density at radius 1 is 0.806 bits per heavy atom. The quantitative estimate of drug-likeness (QED) is 0.437. The second-order valence-electron chi connectivity index (χ2n) is 8.76. The molecule has 4 nitrogen and oxygen atoms in total. The zero-order chi connectivity index (χ0) is 25.7. The molecule has 0 aliphatic carbocycles. The summed E-state index contributed by atoms with van der Waals surface area (Å²) >= 11 is 0. The van der Waals surface area contributed by atoms with Gasteiger partial charge in [0.15, 0.2) is 0 Å². The second kappa shape index (κ2) is 11.2. The molecule has 3 aromatic carbocycles. The van der Waals surface area contributed by atoms with Crippen molar-refractivity contribution < 1.29 is 26.7 Å². The van der Waals surface area contributed by atoms with Gasteiger partial charge >= 0.3 is 6.18 Å². The van der Waals surface area contributed by atoms with Crippen LogP contribution in [0.15, 0.2) is 72.8 Å². The molecule has 0 saturated carbocycles. The number of rotatable bonds is 6. The minimum absolute atomic E-state index is 0.0439. The van der Waals surface area contributed by atoms with Crippen LogP contribution < -0.4 is 5.32 Å². The number of amides is 1. The minimum Gasteiger partial charge on any atom is -0.324 e. The van der Waals surface area contributed by atoms with Gasteiger partial charge in [0.05, 0.1) is 23.8 Å². The summed E-state index contributed by atoms with van der Waals surface area (Å²) in [5.41, 5.74) is 0.567. The van der Waals surface area contributed by atoms with Gasteiger partial charge in [-0.1, -0.05) is 36.4 Å². The molecule has 0 bridgehead atoms. The van der Waals surface area contributed by atoms with Crippen LogP contribution in [0, 0.1) is 11.6 Å². The Hall–Kier alpha value is -3.30. The summed E-state index contributed by atoms with van der Waals surface area (Å²) in [4.78, 5) is 16.7. The fourth-order valence-electron chi connectivity index (χ4n) is 4.54. The van der Waals surface area contributed by atoms with Gasteiger partial charge in [0.1, 0.15) is 11.6 Å². The number of benzene rings is 3. The Bertz CT molecular complexity index is 1120. The molecular weight excluding hydrogens is 477 g/mol. The van der Waals surface area contributed by atoms with E-state index < -0.39 is 17.6 Å². The van der Waals surface area contributed by atoms with Crippen LogP contribution in [0.1, 0.15) is 29.2 Å². The third-order valence-corrected chi connectivity index (χ3v) is 6.23. The highest BCUT2D eigenvalue weighted by Gasteiger charge is 2.33. The summed E-state index contributed by atoms with van der Waals surface area (Å²) in [6.07, 6.45) is -3.85. The van der Waals surface area contributed by atoms with Gasteiger partial charge in [-0.2, -0.15) is 13.2 Å². The Morgan fingerprint density at radius 2 is 1.39 bits per heavy atom. The lowest BCUT2D eigenvalue weighted by atomic mass is 9.96. The van der Waals surface area contributed by atoms with Crippen LogP contribution in [0.25, 0.3) is 0 Å². The van der Waals surface area contributed by atoms with Gasteiger partial charge in [0, 0.05) is 19.6 Å². The molecule has 36 heavy (non-hydrogen) atoms. The number of halogens is 5. The lowest BCUT2D eigenvalue weighted by Gasteiger charge is -2.31. The van der Waals surface area contributed by atoms with Gasteiger partial charge in [0.2, 0.25) is 5.91 Å². The van der Waals surface area contributed by atoms with Gasteiger partial charge in [-0.15, -0.1) is 0 Å². The number of hydrogen-bond acceptors (Lipinski definition) is 3. The number of nitrogens with one attached hydrogen (secondary N) is 1. The van der Waals surface area contributed by atoms with Gasteiger partial charge in [-0.05, 0) is 60.5 Å². The highest BCUT2D eigenvalue weighted by atomic mass is 19.4. The van der Waals surface area contributed by atoms with E-state index in [4.69, 9.17) is 0 Å². The van der Waals surface area contributed by atoms with Crippen LogP contribution in [0.2, 0.25) is 0 Å². The van der Waals surface area contributed by atoms with Crippen LogP contribution in [-0.2, 0) is 11.0 Å². The van der Waals surface area contributed by atoms with Crippen LogP contribution >= 0.6 is 0 Å². The predicted octanol–water partition coefficient (Wildman–Crippen LogP) is 5.72. The minimum atomic E-state index is -4.57. The van der Waals surface area contributed by atoms with E-state index in [1.807, 2.05) is 4.90 Å². The summed E-state index contributed by atoms with van der Waals surface area (Å²) in [6, 6.07) is 17.0. The van der Waals surface area contributed by atoms with Crippen molar-refractivity contribution >= 4 is 11.6 Å². The van der Waals surface area contributed by atoms with Crippen molar-refractivity contribution in [2.24, 2.45) is 0 Å². The zero-order valence-electron chi connectivity index (χ0n) is 19.4. The average molecular weight is 504 g/mol. The molecule has 0 spiro atoms. The number of para-hydroxylation sites is 1. The van der Waals surface area contributed by atoms with Gasteiger partial charge in [-0.3, -0.25) is 14.6 Å². The normalized spacial score (nSPS) is 15.6. The molecule has 3 aromatic rings. The number of alkyl halides is 3. The summed E-state index contributed by atoms with van der Waals surface area (Å²) < 4.78 is 66.9. The molecule has 1 aliphatic rings. The third kappa shape index (κ3) is 6.47. The van der Waals surface area contributed by atoms with Crippen molar-refractivity contribution in [3.63, 3.8) is 0 Å². The Labute approximate surface area is 206 Å². The summed E-state index contributed by atoms with van der Waals surface area (Å²) in [6.45, 7) is 2.29. The van der Waals surface area contributed by atoms with Gasteiger partial charge < -0.3 is 5.32 Å². The molecule has 1 fully saturated rings. The maximum Gasteiger partial charge on any atom is 0.418 e. The topological polar surface area (TPSA) is 35.6 Å². The Balaban J connectivity index is 1.45. The van der Waals surface area contributed by atoms with E-state index in [2.05, 4.69) is 10.2 Å². The number of hydrogen-bond donors (Lipinski definition) is 1. The van der Waals surface area contributed by atoms with E-state index in [1.165, 1.54) is 42.5 Å². The van der Waals surface area contributed by atoms with E-state index in [0.717, 1.165) is 17.2 Å². The summed E-state index contributed by atoms with van der Waals surface area (Å²) in [5, 5.41) is 2.40. The number of carbonyl (C=O) groups is 1. The number of nitrogens with zero attached hydrogens (tertiary/aromatic N) is 2. The average Bonchev–Trinajstić information content (AvgIpc) is 3.07. The van der Waals surface area contributed by atoms with Crippen molar-refractivity contribution in [3.05, 3.63) is 101 Å². The molecule has 0 radical (unpaired) electrons. The van der Waals surface area contributed by atoms with Crippen LogP contribution in [0.4, 0.5) is 27.6 Å². The molecule has 1 amide bonds. The van der Waals surface area contributed by atoms with E-state index in [1.54, 1.807) is 24.3 Å². The molecule has 1 saturated heterocycles. The molecule has 1 N–H and O–H groups in total. The molecule has 9 heteroatoms. The largest absolute Gasteiger partial charge is 0.418 e. The van der Waals surface area contributed by atoms with E-state index in [-0.39, 0.29) is 29.9 Å². The first kappa shape index (κ1) is 25.8. The Morgan fingerprint density at radius 3 is 1.97 bits per heavy atom. The molecule has 1 aliphatic heterocycles. The predicted molar refractivity (Wildman–Crippen MR) is 127 cm³/mol. The third-order valence-electron chi connectivity index (χ3n) is 6.23. The molecule has 1 heterocycles. The SMILES string of the molecule is O=C(CN1CCCN(C(c2ccc(F)cc2)c2ccc(F)cc2)CC1)Nc1ccccc1C(F)(F)F. The van der Waals surface area contributed by atoms with Crippen molar-refractivity contribution in [1.29, 1.82) is 0 Å². The maximum atomic E-state index is 13.6. The van der Waals surface area contributed by atoms with Crippen molar-refractivity contribution in [2.45, 2.75) is 18.6 Å². The van der Waals surface area contributed by atoms with E-state index in [0.29, 0.717) is 32.6 Å². The molecule has 4 rings (SSSR count). The Kier molecular flexibility index (Phi) is 8.01. The van der Waals surface area contributed by atoms with Gasteiger partial charge in [-0.25, -0.2) is 8.78 Å². The lowest BCUT2D eigenvalue weighted by Crippen LogP contribution is -2.37. The standard InChI is InChI=1S/C27H26F5N3O/c28-21-10-6-19(7-11-21)26(20-8-12-22(29)13-9-20)35-15-3-14-34(16-17-35)18-25(36)33-24-5-2-1-4-23(24)27(30,31)32/h1-2,4-13,26H,3,14-18H2,(H,33,36). The van der Waals surface area contributed by atoms with Crippen LogP contribution in [0.3, 0.4) is 0 Å². The van der Waals surface area contributed by atoms with Crippen LogP contribution in [-0.4, -0.2) is 48.4 Å². The molecule has 190 valence electrons. The van der Waals surface area contributed by atoms with Crippen molar-refractivity contribution in [3.8, 4) is 0 Å². The lowest BCUT2D eigenvalue weighted by molar-refractivity contribution is -0.137. The smallest absolute Gasteiger partial charge is 0.324 e. The van der Waals surface area contributed by atoms with E-state index in [9.17, 15) is 26.7 Å². The molecule has 0 unspecified atom stereocenters. The number of carbonyl (C=O) groups excluding carboxylic acids is 1. The monoisotopic (exact) mass is 503 g/mol. The second-order valence-corrected chi connectivity index (χ2v) is 8.76. The number of anilines is 1. The first-order chi connectivity index (χ1) is 17.2. The fourth-order valence-corrected chi connectivity index (χ4v) is 4.54. The van der Waals surface area contributed by atoms with Gasteiger partial charge in [0.25, 0.3) is 0 Å². The molecule has 0 aromatic heterocycles. The van der Waals surface area contributed by atoms with Crippen molar-refractivity contribution in [1.82, 2.24) is 9.80 Å². The molecule has 0 atom stereocenters. The molecular formula is C27H26F5N3O. The van der Waals surface area contributed by atoms with Crippen LogP contribution in [0.5, 0.6) is 0 Å². The zero-order valence-corrected chi connectivity index (χ0v) is 19.4.